The van der Waals surface area contributed by atoms with E-state index in [4.69, 9.17) is 0 Å². The van der Waals surface area contributed by atoms with Crippen LogP contribution in [0.5, 0.6) is 0 Å². The number of rotatable bonds is 10. The fourth-order valence-corrected chi connectivity index (χ4v) is 5.78. The molecule has 0 aromatic heterocycles. The zero-order valence-corrected chi connectivity index (χ0v) is 20.4. The van der Waals surface area contributed by atoms with Crippen LogP contribution >= 0.6 is 0 Å². The summed E-state index contributed by atoms with van der Waals surface area (Å²) in [5.41, 5.74) is 2.63. The SMILES string of the molecule is CCCCC(CCCC)c1c(C(=O)O)ccc2c(C3CCCCCCC3)c(C(=O)O)ccc12. The molecule has 0 aliphatic heterocycles. The van der Waals surface area contributed by atoms with Crippen LogP contribution in [0.2, 0.25) is 0 Å². The summed E-state index contributed by atoms with van der Waals surface area (Å²) in [6.45, 7) is 4.34. The van der Waals surface area contributed by atoms with E-state index in [1.54, 1.807) is 12.1 Å². The van der Waals surface area contributed by atoms with Crippen LogP contribution in [0.3, 0.4) is 0 Å². The van der Waals surface area contributed by atoms with E-state index < -0.39 is 11.9 Å². The lowest BCUT2D eigenvalue weighted by atomic mass is 9.78. The van der Waals surface area contributed by atoms with Crippen LogP contribution in [0.25, 0.3) is 10.8 Å². The zero-order valence-electron chi connectivity index (χ0n) is 20.4. The van der Waals surface area contributed by atoms with E-state index in [9.17, 15) is 19.8 Å². The molecule has 2 N–H and O–H groups in total. The van der Waals surface area contributed by atoms with Crippen LogP contribution in [-0.4, -0.2) is 22.2 Å². The minimum Gasteiger partial charge on any atom is -0.478 e. The summed E-state index contributed by atoms with van der Waals surface area (Å²) in [7, 11) is 0. The van der Waals surface area contributed by atoms with E-state index in [2.05, 4.69) is 13.8 Å². The number of aromatic carboxylic acids is 2. The van der Waals surface area contributed by atoms with E-state index in [1.165, 1.54) is 19.3 Å². The minimum absolute atomic E-state index is 0.181. The molecule has 4 nitrogen and oxygen atoms in total. The van der Waals surface area contributed by atoms with Crippen LogP contribution in [0.1, 0.15) is 141 Å². The number of unbranched alkanes of at least 4 members (excludes halogenated alkanes) is 2. The lowest BCUT2D eigenvalue weighted by Crippen LogP contribution is -2.13. The van der Waals surface area contributed by atoms with Gasteiger partial charge in [0.05, 0.1) is 11.1 Å². The Morgan fingerprint density at radius 1 is 0.788 bits per heavy atom. The molecule has 0 heterocycles. The molecule has 33 heavy (non-hydrogen) atoms. The van der Waals surface area contributed by atoms with Gasteiger partial charge < -0.3 is 10.2 Å². The summed E-state index contributed by atoms with van der Waals surface area (Å²) < 4.78 is 0. The summed E-state index contributed by atoms with van der Waals surface area (Å²) in [5.74, 6) is -1.38. The highest BCUT2D eigenvalue weighted by molar-refractivity contribution is 6.03. The Balaban J connectivity index is 2.25. The van der Waals surface area contributed by atoms with Gasteiger partial charge in [-0.15, -0.1) is 0 Å². The number of benzene rings is 2. The van der Waals surface area contributed by atoms with Crippen molar-refractivity contribution < 1.29 is 19.8 Å². The van der Waals surface area contributed by atoms with Gasteiger partial charge in [-0.3, -0.25) is 0 Å². The van der Waals surface area contributed by atoms with Crippen molar-refractivity contribution in [1.29, 1.82) is 0 Å². The molecule has 0 radical (unpaired) electrons. The van der Waals surface area contributed by atoms with Crippen molar-refractivity contribution >= 4 is 22.7 Å². The average molecular weight is 453 g/mol. The first-order valence-electron chi connectivity index (χ1n) is 13.1. The first kappa shape index (κ1) is 25.3. The van der Waals surface area contributed by atoms with Crippen molar-refractivity contribution in [3.63, 3.8) is 0 Å². The number of carboxylic acids is 2. The van der Waals surface area contributed by atoms with Gasteiger partial charge >= 0.3 is 11.9 Å². The fraction of sp³-hybridized carbons (Fsp3) is 0.586. The van der Waals surface area contributed by atoms with Crippen LogP contribution in [0.15, 0.2) is 24.3 Å². The number of carboxylic acid groups (broad SMARTS) is 2. The molecule has 0 atom stereocenters. The molecule has 0 amide bonds. The maximum Gasteiger partial charge on any atom is 0.335 e. The molecular formula is C29H40O4. The van der Waals surface area contributed by atoms with Crippen LogP contribution in [-0.2, 0) is 0 Å². The summed E-state index contributed by atoms with van der Waals surface area (Å²) in [6.07, 6.45) is 14.1. The Kier molecular flexibility index (Phi) is 9.34. The maximum absolute atomic E-state index is 12.3. The Hall–Kier alpha value is -2.36. The van der Waals surface area contributed by atoms with Crippen LogP contribution in [0.4, 0.5) is 0 Å². The third-order valence-corrected chi connectivity index (χ3v) is 7.48. The van der Waals surface area contributed by atoms with Gasteiger partial charge in [0.2, 0.25) is 0 Å². The topological polar surface area (TPSA) is 74.6 Å². The average Bonchev–Trinajstić information content (AvgIpc) is 2.77. The van der Waals surface area contributed by atoms with Gasteiger partial charge in [-0.05, 0) is 71.6 Å². The van der Waals surface area contributed by atoms with Gasteiger partial charge in [0.15, 0.2) is 0 Å². The molecule has 2 aromatic rings. The lowest BCUT2D eigenvalue weighted by Gasteiger charge is -2.26. The number of fused-ring (bicyclic) bond motifs is 1. The number of hydrogen-bond acceptors (Lipinski definition) is 2. The van der Waals surface area contributed by atoms with Crippen LogP contribution in [0, 0.1) is 0 Å². The van der Waals surface area contributed by atoms with Crippen molar-refractivity contribution in [1.82, 2.24) is 0 Å². The van der Waals surface area contributed by atoms with Crippen molar-refractivity contribution in [2.45, 2.75) is 109 Å². The molecule has 1 fully saturated rings. The van der Waals surface area contributed by atoms with Crippen molar-refractivity contribution in [2.75, 3.05) is 0 Å². The maximum atomic E-state index is 12.3. The molecule has 1 aliphatic rings. The van der Waals surface area contributed by atoms with Crippen molar-refractivity contribution in [3.8, 4) is 0 Å². The van der Waals surface area contributed by atoms with Gasteiger partial charge in [0.25, 0.3) is 0 Å². The normalized spacial score (nSPS) is 15.5. The van der Waals surface area contributed by atoms with E-state index in [0.717, 1.165) is 86.1 Å². The monoisotopic (exact) mass is 452 g/mol. The van der Waals surface area contributed by atoms with Gasteiger partial charge in [-0.25, -0.2) is 9.59 Å². The third kappa shape index (κ3) is 5.96. The summed E-state index contributed by atoms with van der Waals surface area (Å²) in [5, 5.41) is 22.0. The van der Waals surface area contributed by atoms with Gasteiger partial charge in [0.1, 0.15) is 0 Å². The molecule has 0 bridgehead atoms. The molecule has 1 aliphatic carbocycles. The Labute approximate surface area is 198 Å². The van der Waals surface area contributed by atoms with Gasteiger partial charge in [-0.1, -0.05) is 83.8 Å². The molecular weight excluding hydrogens is 412 g/mol. The van der Waals surface area contributed by atoms with Crippen molar-refractivity contribution in [3.05, 3.63) is 46.5 Å². The van der Waals surface area contributed by atoms with Crippen LogP contribution < -0.4 is 0 Å². The summed E-state index contributed by atoms with van der Waals surface area (Å²) in [4.78, 5) is 24.5. The van der Waals surface area contributed by atoms with E-state index >= 15 is 0 Å². The molecule has 4 heteroatoms. The second-order valence-corrected chi connectivity index (χ2v) is 9.78. The smallest absolute Gasteiger partial charge is 0.335 e. The quantitative estimate of drug-likeness (QED) is 0.379. The molecule has 1 saturated carbocycles. The Bertz CT molecular complexity index is 946. The highest BCUT2D eigenvalue weighted by Crippen LogP contribution is 2.42. The number of hydrogen-bond donors (Lipinski definition) is 2. The van der Waals surface area contributed by atoms with E-state index in [-0.39, 0.29) is 11.8 Å². The molecule has 2 aromatic carbocycles. The van der Waals surface area contributed by atoms with Gasteiger partial charge in [-0.2, -0.15) is 0 Å². The van der Waals surface area contributed by atoms with E-state index in [1.807, 2.05) is 12.1 Å². The Morgan fingerprint density at radius 2 is 1.30 bits per heavy atom. The largest absolute Gasteiger partial charge is 0.478 e. The summed E-state index contributed by atoms with van der Waals surface area (Å²) >= 11 is 0. The molecule has 0 spiro atoms. The summed E-state index contributed by atoms with van der Waals surface area (Å²) in [6, 6.07) is 7.25. The first-order valence-corrected chi connectivity index (χ1v) is 13.1. The first-order chi connectivity index (χ1) is 16.0. The standard InChI is InChI=1S/C29H40O4/c1-3-5-12-20(13-6-4-2)26-22-16-19-25(29(32)33)27(21-14-10-8-7-9-11-15-21)23(22)17-18-24(26)28(30)31/h16-21H,3-15H2,1-2H3,(H,30,31)(H,32,33). The van der Waals surface area contributed by atoms with E-state index in [0.29, 0.717) is 11.1 Å². The second kappa shape index (κ2) is 12.2. The molecule has 0 saturated heterocycles. The predicted octanol–water partition coefficient (Wildman–Crippen LogP) is 8.53. The van der Waals surface area contributed by atoms with Crippen molar-refractivity contribution in [2.24, 2.45) is 0 Å². The molecule has 180 valence electrons. The highest BCUT2D eigenvalue weighted by Gasteiger charge is 2.27. The van der Waals surface area contributed by atoms with Gasteiger partial charge in [0, 0.05) is 0 Å². The zero-order chi connectivity index (χ0) is 23.8. The minimum atomic E-state index is -0.889. The lowest BCUT2D eigenvalue weighted by molar-refractivity contribution is 0.0683. The third-order valence-electron chi connectivity index (χ3n) is 7.48. The highest BCUT2D eigenvalue weighted by atomic mass is 16.4. The number of carbonyl (C=O) groups is 2. The molecule has 3 rings (SSSR count). The Morgan fingerprint density at radius 3 is 1.85 bits per heavy atom. The predicted molar refractivity (Wildman–Crippen MR) is 135 cm³/mol. The second-order valence-electron chi connectivity index (χ2n) is 9.78. The molecule has 0 unspecified atom stereocenters. The fourth-order valence-electron chi connectivity index (χ4n) is 5.78.